The van der Waals surface area contributed by atoms with E-state index in [1.165, 1.54) is 12.1 Å². The second-order valence-electron chi connectivity index (χ2n) is 5.11. The molecule has 2 N–H and O–H groups in total. The minimum atomic E-state index is -1.57. The number of anilines is 2. The average Bonchev–Trinajstić information content (AvgIpc) is 2.59. The first-order chi connectivity index (χ1) is 11.5. The van der Waals surface area contributed by atoms with Crippen molar-refractivity contribution in [1.29, 1.82) is 0 Å². The van der Waals surface area contributed by atoms with Crippen molar-refractivity contribution in [2.45, 2.75) is 26.2 Å². The first kappa shape index (κ1) is 17.7. The van der Waals surface area contributed by atoms with Gasteiger partial charge in [0.2, 0.25) is 0 Å². The van der Waals surface area contributed by atoms with Crippen LogP contribution in [0.2, 0.25) is 0 Å². The lowest BCUT2D eigenvalue weighted by molar-refractivity contribution is 0.0947. The molecule has 0 saturated carbocycles. The van der Waals surface area contributed by atoms with E-state index in [4.69, 9.17) is 0 Å². The van der Waals surface area contributed by atoms with Crippen LogP contribution < -0.4 is 10.6 Å². The molecule has 1 heterocycles. The van der Waals surface area contributed by atoms with Gasteiger partial charge in [0.25, 0.3) is 5.91 Å². The zero-order valence-corrected chi connectivity index (χ0v) is 13.1. The number of benzene rings is 1. The highest BCUT2D eigenvalue weighted by Crippen LogP contribution is 2.22. The Morgan fingerprint density at radius 3 is 2.50 bits per heavy atom. The molecular weight excluding hydrogens is 321 g/mol. The summed E-state index contributed by atoms with van der Waals surface area (Å²) in [7, 11) is 0. The van der Waals surface area contributed by atoms with Gasteiger partial charge in [-0.2, -0.15) is 0 Å². The molecule has 0 atom stereocenters. The molecule has 0 aliphatic carbocycles. The van der Waals surface area contributed by atoms with Crippen molar-refractivity contribution in [3.63, 3.8) is 0 Å². The molecule has 0 radical (unpaired) electrons. The van der Waals surface area contributed by atoms with Crippen LogP contribution in [0.25, 0.3) is 0 Å². The van der Waals surface area contributed by atoms with Gasteiger partial charge in [0.15, 0.2) is 29.0 Å². The Labute approximate surface area is 137 Å². The first-order valence-electron chi connectivity index (χ1n) is 7.55. The molecule has 0 bridgehead atoms. The van der Waals surface area contributed by atoms with Crippen LogP contribution in [0, 0.1) is 17.5 Å². The molecule has 0 saturated heterocycles. The highest BCUT2D eigenvalue weighted by molar-refractivity contribution is 5.92. The number of hydrogen-bond acceptors (Lipinski definition) is 4. The summed E-state index contributed by atoms with van der Waals surface area (Å²) in [4.78, 5) is 11.8. The summed E-state index contributed by atoms with van der Waals surface area (Å²) in [5, 5.41) is 12.6. The second kappa shape index (κ2) is 8.28. The molecule has 1 aromatic heterocycles. The Morgan fingerprint density at radius 2 is 1.83 bits per heavy atom. The molecule has 1 aromatic carbocycles. The fourth-order valence-corrected chi connectivity index (χ4v) is 1.95. The van der Waals surface area contributed by atoms with E-state index in [0.717, 1.165) is 31.4 Å². The maximum absolute atomic E-state index is 13.6. The summed E-state index contributed by atoms with van der Waals surface area (Å²) in [6.07, 6.45) is 2.95. The number of amides is 1. The number of nitrogens with zero attached hydrogens (tertiary/aromatic N) is 2. The summed E-state index contributed by atoms with van der Waals surface area (Å²) in [5.74, 6) is -4.46. The highest BCUT2D eigenvalue weighted by Gasteiger charge is 2.14. The first-order valence-corrected chi connectivity index (χ1v) is 7.55. The van der Waals surface area contributed by atoms with E-state index in [1.807, 2.05) is 0 Å². The summed E-state index contributed by atoms with van der Waals surface area (Å²) in [6.45, 7) is 2.61. The lowest BCUT2D eigenvalue weighted by Crippen LogP contribution is -2.25. The molecule has 0 aliphatic rings. The molecule has 24 heavy (non-hydrogen) atoms. The van der Waals surface area contributed by atoms with Gasteiger partial charge in [-0.15, -0.1) is 10.2 Å². The van der Waals surface area contributed by atoms with Crippen molar-refractivity contribution in [3.8, 4) is 0 Å². The smallest absolute Gasteiger partial charge is 0.271 e. The predicted octanol–water partition coefficient (Wildman–Crippen LogP) is 3.56. The fourth-order valence-electron chi connectivity index (χ4n) is 1.95. The monoisotopic (exact) mass is 338 g/mol. The van der Waals surface area contributed by atoms with E-state index in [1.54, 1.807) is 0 Å². The molecule has 2 aromatic rings. The molecule has 0 spiro atoms. The number of hydrogen-bond donors (Lipinski definition) is 2. The zero-order chi connectivity index (χ0) is 17.5. The quantitative estimate of drug-likeness (QED) is 0.598. The van der Waals surface area contributed by atoms with E-state index in [2.05, 4.69) is 27.8 Å². The van der Waals surface area contributed by atoms with Crippen LogP contribution in [-0.4, -0.2) is 22.6 Å². The van der Waals surface area contributed by atoms with Crippen LogP contribution in [0.1, 0.15) is 36.7 Å². The van der Waals surface area contributed by atoms with E-state index < -0.39 is 17.5 Å². The molecule has 128 valence electrons. The molecule has 0 aliphatic heterocycles. The molecular formula is C16H17F3N4O. The van der Waals surface area contributed by atoms with E-state index in [9.17, 15) is 18.0 Å². The maximum Gasteiger partial charge on any atom is 0.271 e. The largest absolute Gasteiger partial charge is 0.351 e. The van der Waals surface area contributed by atoms with Crippen molar-refractivity contribution in [1.82, 2.24) is 15.5 Å². The lowest BCUT2D eigenvalue weighted by Gasteiger charge is -2.08. The van der Waals surface area contributed by atoms with E-state index >= 15 is 0 Å². The summed E-state index contributed by atoms with van der Waals surface area (Å²) in [6, 6.07) is 4.65. The van der Waals surface area contributed by atoms with Crippen molar-refractivity contribution in [2.24, 2.45) is 0 Å². The van der Waals surface area contributed by atoms with Crippen molar-refractivity contribution < 1.29 is 18.0 Å². The molecule has 2 rings (SSSR count). The summed E-state index contributed by atoms with van der Waals surface area (Å²) in [5.41, 5.74) is -0.164. The van der Waals surface area contributed by atoms with Crippen LogP contribution in [-0.2, 0) is 0 Å². The number of aromatic nitrogens is 2. The number of carbonyl (C=O) groups is 1. The molecule has 1 amide bonds. The minimum absolute atomic E-state index is 0.0995. The van der Waals surface area contributed by atoms with Gasteiger partial charge in [-0.3, -0.25) is 4.79 Å². The maximum atomic E-state index is 13.6. The van der Waals surface area contributed by atoms with Gasteiger partial charge in [0.05, 0.1) is 5.69 Å². The predicted molar refractivity (Wildman–Crippen MR) is 83.5 cm³/mol. The van der Waals surface area contributed by atoms with Gasteiger partial charge in [0.1, 0.15) is 0 Å². The van der Waals surface area contributed by atoms with Gasteiger partial charge in [-0.1, -0.05) is 19.8 Å². The number of carbonyl (C=O) groups excluding carboxylic acids is 1. The van der Waals surface area contributed by atoms with Gasteiger partial charge >= 0.3 is 0 Å². The van der Waals surface area contributed by atoms with Gasteiger partial charge in [-0.05, 0) is 30.7 Å². The van der Waals surface area contributed by atoms with Crippen molar-refractivity contribution in [2.75, 3.05) is 11.9 Å². The SMILES string of the molecule is CCCCCNC(=O)c1ccc(Nc2ccc(F)c(F)c2F)nn1. The van der Waals surface area contributed by atoms with Crippen LogP contribution in [0.3, 0.4) is 0 Å². The highest BCUT2D eigenvalue weighted by atomic mass is 19.2. The van der Waals surface area contributed by atoms with Crippen molar-refractivity contribution in [3.05, 3.63) is 47.4 Å². The minimum Gasteiger partial charge on any atom is -0.351 e. The topological polar surface area (TPSA) is 66.9 Å². The second-order valence-corrected chi connectivity index (χ2v) is 5.11. The molecule has 8 heteroatoms. The van der Waals surface area contributed by atoms with E-state index in [-0.39, 0.29) is 23.1 Å². The number of rotatable bonds is 7. The number of unbranched alkanes of at least 4 members (excludes halogenated alkanes) is 2. The fraction of sp³-hybridized carbons (Fsp3) is 0.312. The third kappa shape index (κ3) is 4.43. The Kier molecular flexibility index (Phi) is 6.11. The molecule has 5 nitrogen and oxygen atoms in total. The van der Waals surface area contributed by atoms with Gasteiger partial charge in [-0.25, -0.2) is 13.2 Å². The average molecular weight is 338 g/mol. The molecule has 0 fully saturated rings. The van der Waals surface area contributed by atoms with Crippen LogP contribution in [0.15, 0.2) is 24.3 Å². The third-order valence-electron chi connectivity index (χ3n) is 3.26. The Hall–Kier alpha value is -2.64. The normalized spacial score (nSPS) is 10.5. The number of nitrogens with one attached hydrogen (secondary N) is 2. The lowest BCUT2D eigenvalue weighted by atomic mass is 10.2. The van der Waals surface area contributed by atoms with Crippen molar-refractivity contribution >= 4 is 17.4 Å². The Bertz CT molecular complexity index is 707. The Balaban J connectivity index is 1.99. The van der Waals surface area contributed by atoms with Gasteiger partial charge < -0.3 is 10.6 Å². The Morgan fingerprint density at radius 1 is 1.04 bits per heavy atom. The summed E-state index contributed by atoms with van der Waals surface area (Å²) >= 11 is 0. The van der Waals surface area contributed by atoms with E-state index in [0.29, 0.717) is 6.54 Å². The standard InChI is InChI=1S/C16H17F3N4O/c1-2-3-4-9-20-16(24)12-7-8-13(23-22-12)21-11-6-5-10(17)14(18)15(11)19/h5-8H,2-4,9H2,1H3,(H,20,24)(H,21,23). The van der Waals surface area contributed by atoms with Crippen LogP contribution >= 0.6 is 0 Å². The van der Waals surface area contributed by atoms with Gasteiger partial charge in [0, 0.05) is 6.54 Å². The van der Waals surface area contributed by atoms with Crippen LogP contribution in [0.4, 0.5) is 24.7 Å². The summed E-state index contributed by atoms with van der Waals surface area (Å²) < 4.78 is 39.6. The third-order valence-corrected chi connectivity index (χ3v) is 3.26. The number of halogens is 3. The molecule has 0 unspecified atom stereocenters. The van der Waals surface area contributed by atoms with Crippen LogP contribution in [0.5, 0.6) is 0 Å². The zero-order valence-electron chi connectivity index (χ0n) is 13.1.